The maximum absolute atomic E-state index is 12.8. The van der Waals surface area contributed by atoms with Gasteiger partial charge in [-0.15, -0.1) is 0 Å². The lowest BCUT2D eigenvalue weighted by Gasteiger charge is -2.39. The molecule has 1 saturated heterocycles. The molecule has 2 aliphatic rings. The van der Waals surface area contributed by atoms with Gasteiger partial charge in [0.25, 0.3) is 0 Å². The second kappa shape index (κ2) is 9.51. The van der Waals surface area contributed by atoms with Crippen molar-refractivity contribution in [3.05, 3.63) is 11.9 Å². The summed E-state index contributed by atoms with van der Waals surface area (Å²) in [6.45, 7) is 11.3. The molecule has 0 unspecified atom stereocenters. The molecule has 0 atom stereocenters. The number of carbonyl (C=O) groups is 2. The second-order valence-electron chi connectivity index (χ2n) is 12.2. The van der Waals surface area contributed by atoms with E-state index in [9.17, 15) is 9.59 Å². The number of H-pyrrole nitrogens is 1. The van der Waals surface area contributed by atoms with Crippen LogP contribution in [0.5, 0.6) is 0 Å². The zero-order valence-electron chi connectivity index (χ0n) is 22.6. The molecule has 1 saturated carbocycles. The molecule has 2 amide bonds. The van der Waals surface area contributed by atoms with Crippen LogP contribution in [0.1, 0.15) is 91.2 Å². The van der Waals surface area contributed by atoms with Crippen molar-refractivity contribution in [1.29, 1.82) is 0 Å². The van der Waals surface area contributed by atoms with Gasteiger partial charge in [0, 0.05) is 18.5 Å². The maximum atomic E-state index is 12.8. The average Bonchev–Trinajstić information content (AvgIpc) is 3.35. The van der Waals surface area contributed by atoms with Crippen molar-refractivity contribution >= 4 is 17.7 Å². The number of rotatable bonds is 7. The number of amides is 2. The Bertz CT molecular complexity index is 873. The zero-order valence-corrected chi connectivity index (χ0v) is 22.6. The molecule has 1 aromatic rings. The van der Waals surface area contributed by atoms with Gasteiger partial charge in [0.2, 0.25) is 5.91 Å². The SMILES string of the molecule is CCC1(CC)CC2(CCC(c3[nH]ncc3[N+](C)(C)CCN(C)C(=O)OC(C)(C)C)CC2)NC1=O. The van der Waals surface area contributed by atoms with Crippen molar-refractivity contribution in [2.24, 2.45) is 5.41 Å². The van der Waals surface area contributed by atoms with Gasteiger partial charge in [-0.05, 0) is 65.7 Å². The number of quaternary nitrogens is 1. The van der Waals surface area contributed by atoms with Gasteiger partial charge in [0.05, 0.1) is 31.7 Å². The van der Waals surface area contributed by atoms with Crippen molar-refractivity contribution in [3.8, 4) is 0 Å². The summed E-state index contributed by atoms with van der Waals surface area (Å²) in [6.07, 6.45) is 8.52. The Hall–Kier alpha value is -2.09. The molecular weight excluding hydrogens is 430 g/mol. The van der Waals surface area contributed by atoms with Gasteiger partial charge in [-0.25, -0.2) is 4.79 Å². The van der Waals surface area contributed by atoms with Gasteiger partial charge in [-0.3, -0.25) is 14.4 Å². The zero-order chi connectivity index (χ0) is 25.4. The second-order valence-corrected chi connectivity index (χ2v) is 12.2. The first-order chi connectivity index (χ1) is 15.8. The van der Waals surface area contributed by atoms with E-state index in [0.29, 0.717) is 16.9 Å². The highest BCUT2D eigenvalue weighted by molar-refractivity contribution is 5.86. The Kier molecular flexibility index (Phi) is 7.42. The Morgan fingerprint density at radius 1 is 1.24 bits per heavy atom. The van der Waals surface area contributed by atoms with E-state index in [1.54, 1.807) is 11.9 Å². The van der Waals surface area contributed by atoms with Crippen molar-refractivity contribution in [3.63, 3.8) is 0 Å². The molecule has 1 aliphatic carbocycles. The normalized spacial score (nSPS) is 24.8. The van der Waals surface area contributed by atoms with Crippen LogP contribution in [0.2, 0.25) is 0 Å². The van der Waals surface area contributed by atoms with Crippen molar-refractivity contribution < 1.29 is 14.3 Å². The fraction of sp³-hybridized carbons (Fsp3) is 0.808. The third kappa shape index (κ3) is 5.42. The van der Waals surface area contributed by atoms with Gasteiger partial charge in [0.1, 0.15) is 18.3 Å². The summed E-state index contributed by atoms with van der Waals surface area (Å²) in [5.74, 6) is 0.657. The Balaban J connectivity index is 1.64. The Morgan fingerprint density at radius 2 is 1.85 bits per heavy atom. The summed E-state index contributed by atoms with van der Waals surface area (Å²) in [4.78, 5) is 26.8. The molecule has 1 spiro atoms. The molecule has 2 heterocycles. The quantitative estimate of drug-likeness (QED) is 0.565. The molecule has 8 heteroatoms. The summed E-state index contributed by atoms with van der Waals surface area (Å²) in [5.41, 5.74) is 1.64. The Labute approximate surface area is 205 Å². The Morgan fingerprint density at radius 3 is 2.38 bits per heavy atom. The monoisotopic (exact) mass is 476 g/mol. The molecule has 0 bridgehead atoms. The van der Waals surface area contributed by atoms with Crippen LogP contribution in [0.15, 0.2) is 6.20 Å². The molecule has 0 aromatic carbocycles. The molecule has 0 radical (unpaired) electrons. The van der Waals surface area contributed by atoms with Crippen molar-refractivity contribution in [1.82, 2.24) is 24.9 Å². The molecule has 34 heavy (non-hydrogen) atoms. The van der Waals surface area contributed by atoms with Crippen LogP contribution in [0, 0.1) is 5.41 Å². The van der Waals surface area contributed by atoms with E-state index in [-0.39, 0.29) is 23.0 Å². The fourth-order valence-corrected chi connectivity index (χ4v) is 5.75. The van der Waals surface area contributed by atoms with E-state index in [1.165, 1.54) is 11.4 Å². The van der Waals surface area contributed by atoms with E-state index in [1.807, 2.05) is 27.0 Å². The molecule has 1 aliphatic heterocycles. The first-order valence-electron chi connectivity index (χ1n) is 12.9. The predicted octanol–water partition coefficient (Wildman–Crippen LogP) is 4.57. The molecule has 192 valence electrons. The molecule has 3 rings (SSSR count). The minimum absolute atomic E-state index is 0.0414. The van der Waals surface area contributed by atoms with Crippen LogP contribution >= 0.6 is 0 Å². The number of likely N-dealkylation sites (N-methyl/N-ethyl adjacent to an activating group) is 2. The molecule has 8 nitrogen and oxygen atoms in total. The summed E-state index contributed by atoms with van der Waals surface area (Å²) >= 11 is 0. The minimum Gasteiger partial charge on any atom is -0.444 e. The van der Waals surface area contributed by atoms with Gasteiger partial charge in [-0.1, -0.05) is 13.8 Å². The number of carbonyl (C=O) groups excluding carboxylic acids is 2. The maximum Gasteiger partial charge on any atom is 0.410 e. The van der Waals surface area contributed by atoms with E-state index >= 15 is 0 Å². The van der Waals surface area contributed by atoms with Crippen LogP contribution < -0.4 is 9.80 Å². The van der Waals surface area contributed by atoms with E-state index < -0.39 is 5.60 Å². The van der Waals surface area contributed by atoms with Gasteiger partial charge in [-0.2, -0.15) is 5.10 Å². The number of hydrogen-bond donors (Lipinski definition) is 2. The summed E-state index contributed by atoms with van der Waals surface area (Å²) < 4.78 is 6.12. The van der Waals surface area contributed by atoms with Crippen molar-refractivity contribution in [2.75, 3.05) is 34.2 Å². The lowest BCUT2D eigenvalue weighted by Crippen LogP contribution is -2.48. The fourth-order valence-electron chi connectivity index (χ4n) is 5.75. The summed E-state index contributed by atoms with van der Waals surface area (Å²) in [7, 11) is 6.11. The van der Waals surface area contributed by atoms with Gasteiger partial charge >= 0.3 is 6.09 Å². The predicted molar refractivity (Wildman–Crippen MR) is 136 cm³/mol. The highest BCUT2D eigenvalue weighted by Crippen LogP contribution is 2.50. The number of hydrogen-bond acceptors (Lipinski definition) is 4. The van der Waals surface area contributed by atoms with Crippen molar-refractivity contribution in [2.45, 2.75) is 96.6 Å². The van der Waals surface area contributed by atoms with Crippen LogP contribution in [-0.2, 0) is 9.53 Å². The number of aromatic nitrogens is 2. The number of aromatic amines is 1. The first kappa shape index (κ1) is 26.5. The topological polar surface area (TPSA) is 87.3 Å². The number of nitrogens with one attached hydrogen (secondary N) is 2. The average molecular weight is 477 g/mol. The first-order valence-corrected chi connectivity index (χ1v) is 12.9. The van der Waals surface area contributed by atoms with E-state index in [0.717, 1.165) is 51.5 Å². The standard InChI is InChI=1S/C26H45N5O3/c1-9-25(10-2)18-26(28-22(25)32)13-11-19(12-14-26)21-20(17-27-29-21)31(7,8)16-15-30(6)23(33)34-24(3,4)5/h17,19H,9-16,18H2,1-8H3,(H-,27,28,29,32)/p+1. The number of ether oxygens (including phenoxy) is 1. The molecule has 2 N–H and O–H groups in total. The van der Waals surface area contributed by atoms with Crippen LogP contribution in [0.3, 0.4) is 0 Å². The summed E-state index contributed by atoms with van der Waals surface area (Å²) in [6, 6.07) is 0. The highest BCUT2D eigenvalue weighted by Gasteiger charge is 2.53. The third-order valence-electron chi connectivity index (χ3n) is 8.24. The van der Waals surface area contributed by atoms with E-state index in [4.69, 9.17) is 4.74 Å². The van der Waals surface area contributed by atoms with Crippen LogP contribution in [0.25, 0.3) is 0 Å². The smallest absolute Gasteiger partial charge is 0.410 e. The van der Waals surface area contributed by atoms with Gasteiger partial charge < -0.3 is 15.0 Å². The largest absolute Gasteiger partial charge is 0.444 e. The molecule has 1 aromatic heterocycles. The van der Waals surface area contributed by atoms with Gasteiger partial charge in [0.15, 0.2) is 5.69 Å². The lowest BCUT2D eigenvalue weighted by molar-refractivity contribution is -0.128. The minimum atomic E-state index is -0.501. The third-order valence-corrected chi connectivity index (χ3v) is 8.24. The number of nitrogens with zero attached hydrogens (tertiary/aromatic N) is 3. The van der Waals surface area contributed by atoms with Crippen LogP contribution in [0.4, 0.5) is 10.5 Å². The van der Waals surface area contributed by atoms with Crippen LogP contribution in [-0.4, -0.2) is 72.5 Å². The molecule has 2 fully saturated rings. The van der Waals surface area contributed by atoms with E-state index in [2.05, 4.69) is 43.5 Å². The highest BCUT2D eigenvalue weighted by atomic mass is 16.6. The lowest BCUT2D eigenvalue weighted by atomic mass is 9.69. The molecular formula is C26H46N5O3+. The summed E-state index contributed by atoms with van der Waals surface area (Å²) in [5, 5.41) is 11.1.